The van der Waals surface area contributed by atoms with Crippen molar-refractivity contribution in [1.82, 2.24) is 0 Å². The summed E-state index contributed by atoms with van der Waals surface area (Å²) in [5.74, 6) is 0.197. The summed E-state index contributed by atoms with van der Waals surface area (Å²) < 4.78 is 9.76. The van der Waals surface area contributed by atoms with E-state index >= 15 is 0 Å². The second-order valence-corrected chi connectivity index (χ2v) is 11.4. The summed E-state index contributed by atoms with van der Waals surface area (Å²) in [6, 6.07) is 9.08. The van der Waals surface area contributed by atoms with E-state index in [1.165, 1.54) is 0 Å². The quantitative estimate of drug-likeness (QED) is 0.716. The van der Waals surface area contributed by atoms with Crippen LogP contribution in [0, 0.1) is 0 Å². The third-order valence-electron chi connectivity index (χ3n) is 1.50. The first-order valence-corrected chi connectivity index (χ1v) is 8.43. The molecule has 0 amide bonds. The maximum atomic E-state index is 5.67. The standard InChI is InChI=1S/C7H5Cl3NO2P/c8-14(9,10)12-7(11-13-14)6-4-2-1-3-5-6/h1-5H. The van der Waals surface area contributed by atoms with Crippen molar-refractivity contribution < 1.29 is 9.15 Å². The minimum absolute atomic E-state index is 0.197. The molecule has 7 heteroatoms. The van der Waals surface area contributed by atoms with E-state index in [4.69, 9.17) is 38.2 Å². The van der Waals surface area contributed by atoms with E-state index in [2.05, 4.69) is 9.78 Å². The normalized spacial score (nSPS) is 25.1. The molecule has 1 aromatic carbocycles. The fourth-order valence-electron chi connectivity index (χ4n) is 0.953. The van der Waals surface area contributed by atoms with Gasteiger partial charge >= 0.3 is 94.9 Å². The molecule has 0 saturated heterocycles. The van der Waals surface area contributed by atoms with E-state index < -0.39 is 5.12 Å². The Morgan fingerprint density at radius 3 is 2.21 bits per heavy atom. The summed E-state index contributed by atoms with van der Waals surface area (Å²) >= 11 is 17.0. The van der Waals surface area contributed by atoms with Crippen LogP contribution in [0.5, 0.6) is 0 Å². The Balaban J connectivity index is 2.26. The van der Waals surface area contributed by atoms with Crippen LogP contribution in [0.3, 0.4) is 0 Å². The number of rotatable bonds is 1. The Morgan fingerprint density at radius 1 is 1.07 bits per heavy atom. The molecule has 0 spiro atoms. The van der Waals surface area contributed by atoms with Crippen LogP contribution in [0.25, 0.3) is 0 Å². The van der Waals surface area contributed by atoms with Gasteiger partial charge in [0, 0.05) is 0 Å². The van der Waals surface area contributed by atoms with Crippen molar-refractivity contribution >= 4 is 44.7 Å². The average Bonchev–Trinajstić information content (AvgIpc) is 2.43. The number of hydrogen-bond donors (Lipinski definition) is 0. The molecule has 0 atom stereocenters. The van der Waals surface area contributed by atoms with Gasteiger partial charge in [0.1, 0.15) is 0 Å². The molecular weight excluding hydrogens is 267 g/mol. The second-order valence-electron chi connectivity index (χ2n) is 2.62. The number of nitrogens with zero attached hydrogens (tertiary/aromatic N) is 1. The Morgan fingerprint density at radius 2 is 1.71 bits per heavy atom. The van der Waals surface area contributed by atoms with Crippen molar-refractivity contribution in [3.63, 3.8) is 0 Å². The molecule has 0 radical (unpaired) electrons. The van der Waals surface area contributed by atoms with Crippen molar-refractivity contribution in [2.75, 3.05) is 0 Å². The average molecular weight is 272 g/mol. The van der Waals surface area contributed by atoms with Crippen LogP contribution in [0.1, 0.15) is 5.56 Å². The SMILES string of the molecule is ClP1(Cl)(Cl)ON=C(c2ccccc2)O1. The number of benzene rings is 1. The molecule has 0 N–H and O–H groups in total. The van der Waals surface area contributed by atoms with Gasteiger partial charge in [0.15, 0.2) is 0 Å². The Bertz CT molecular complexity index is 387. The molecule has 0 saturated carbocycles. The van der Waals surface area contributed by atoms with E-state index in [9.17, 15) is 0 Å². The van der Waals surface area contributed by atoms with Gasteiger partial charge in [-0.15, -0.1) is 0 Å². The zero-order chi connectivity index (χ0) is 10.3. The third-order valence-corrected chi connectivity index (χ3v) is 3.46. The molecule has 0 fully saturated rings. The Labute approximate surface area is 95.0 Å². The molecule has 0 unspecified atom stereocenters. The van der Waals surface area contributed by atoms with Crippen LogP contribution in [-0.2, 0) is 9.15 Å². The zero-order valence-corrected chi connectivity index (χ0v) is 9.89. The van der Waals surface area contributed by atoms with E-state index in [0.717, 1.165) is 0 Å². The van der Waals surface area contributed by atoms with E-state index in [1.54, 1.807) is 12.1 Å². The summed E-state index contributed by atoms with van der Waals surface area (Å²) in [6.07, 6.45) is 0. The van der Waals surface area contributed by atoms with Gasteiger partial charge in [0.25, 0.3) is 0 Å². The van der Waals surface area contributed by atoms with Gasteiger partial charge in [-0.3, -0.25) is 0 Å². The third kappa shape index (κ3) is 2.23. The fourth-order valence-corrected chi connectivity index (χ4v) is 2.46. The Hall–Kier alpha value is -0.210. The molecule has 76 valence electrons. The topological polar surface area (TPSA) is 30.8 Å². The van der Waals surface area contributed by atoms with Gasteiger partial charge in [0.05, 0.1) is 0 Å². The number of halogens is 3. The first-order chi connectivity index (χ1) is 6.44. The van der Waals surface area contributed by atoms with Crippen LogP contribution in [0.2, 0.25) is 0 Å². The van der Waals surface area contributed by atoms with Crippen molar-refractivity contribution in [1.29, 1.82) is 0 Å². The van der Waals surface area contributed by atoms with Crippen LogP contribution >= 0.6 is 38.8 Å². The molecule has 0 aromatic heterocycles. The molecule has 1 heterocycles. The molecule has 2 rings (SSSR count). The van der Waals surface area contributed by atoms with Gasteiger partial charge in [-0.2, -0.15) is 0 Å². The molecule has 14 heavy (non-hydrogen) atoms. The molecular formula is C7H5Cl3NO2P. The Kier molecular flexibility index (Phi) is 2.31. The van der Waals surface area contributed by atoms with E-state index in [-0.39, 0.29) is 5.90 Å². The van der Waals surface area contributed by atoms with Gasteiger partial charge in [-0.25, -0.2) is 0 Å². The van der Waals surface area contributed by atoms with Gasteiger partial charge in [-0.05, 0) is 0 Å². The summed E-state index contributed by atoms with van der Waals surface area (Å²) in [5, 5.41) is -0.447. The second kappa shape index (κ2) is 3.14. The van der Waals surface area contributed by atoms with Crippen molar-refractivity contribution in [2.45, 2.75) is 0 Å². The van der Waals surface area contributed by atoms with Crippen LogP contribution < -0.4 is 0 Å². The number of hydrogen-bond acceptors (Lipinski definition) is 3. The van der Waals surface area contributed by atoms with Gasteiger partial charge in [0.2, 0.25) is 0 Å². The summed E-state index contributed by atoms with van der Waals surface area (Å²) in [4.78, 5) is 0. The van der Waals surface area contributed by atoms with Crippen LogP contribution in [0.4, 0.5) is 0 Å². The van der Waals surface area contributed by atoms with E-state index in [0.29, 0.717) is 5.56 Å². The maximum absolute atomic E-state index is 5.67. The summed E-state index contributed by atoms with van der Waals surface area (Å²) in [5.41, 5.74) is 0.709. The molecule has 0 aliphatic carbocycles. The van der Waals surface area contributed by atoms with Crippen LogP contribution in [0.15, 0.2) is 35.5 Å². The van der Waals surface area contributed by atoms with Crippen molar-refractivity contribution in [2.24, 2.45) is 5.16 Å². The zero-order valence-electron chi connectivity index (χ0n) is 6.73. The first-order valence-electron chi connectivity index (χ1n) is 3.64. The van der Waals surface area contributed by atoms with Gasteiger partial charge in [-0.1, -0.05) is 0 Å². The fraction of sp³-hybridized carbons (Fsp3) is 0. The van der Waals surface area contributed by atoms with Crippen molar-refractivity contribution in [3.05, 3.63) is 35.9 Å². The molecule has 1 aromatic rings. The predicted molar refractivity (Wildman–Crippen MR) is 59.6 cm³/mol. The molecule has 3 nitrogen and oxygen atoms in total. The van der Waals surface area contributed by atoms with Crippen LogP contribution in [-0.4, -0.2) is 5.90 Å². The number of oxime groups is 1. The predicted octanol–water partition coefficient (Wildman–Crippen LogP) is 4.24. The summed E-state index contributed by atoms with van der Waals surface area (Å²) in [7, 11) is 0. The van der Waals surface area contributed by atoms with E-state index in [1.807, 2.05) is 18.2 Å². The summed E-state index contributed by atoms with van der Waals surface area (Å²) in [6.45, 7) is 0. The van der Waals surface area contributed by atoms with Gasteiger partial charge < -0.3 is 0 Å². The first kappa shape index (κ1) is 10.3. The monoisotopic (exact) mass is 271 g/mol. The molecule has 1 aliphatic heterocycles. The minimum atomic E-state index is -4.03. The molecule has 1 aliphatic rings. The molecule has 0 bridgehead atoms. The van der Waals surface area contributed by atoms with Crippen molar-refractivity contribution in [3.8, 4) is 0 Å².